The van der Waals surface area contributed by atoms with E-state index in [0.29, 0.717) is 6.07 Å². The van der Waals surface area contributed by atoms with Crippen molar-refractivity contribution in [2.75, 3.05) is 23.5 Å². The van der Waals surface area contributed by atoms with Crippen molar-refractivity contribution in [2.24, 2.45) is 0 Å². The number of hydrogen-bond donors (Lipinski definition) is 0. The lowest BCUT2D eigenvalue weighted by Gasteiger charge is -2.27. The van der Waals surface area contributed by atoms with Crippen LogP contribution in [0.2, 0.25) is 0 Å². The molecule has 1 saturated heterocycles. The monoisotopic (exact) mass is 383 g/mol. The van der Waals surface area contributed by atoms with Gasteiger partial charge in [0.15, 0.2) is 9.84 Å². The Labute approximate surface area is 139 Å². The molecule has 1 unspecified atom stereocenters. The fourth-order valence-electron chi connectivity index (χ4n) is 2.70. The van der Waals surface area contributed by atoms with Gasteiger partial charge in [-0.3, -0.25) is 20.2 Å². The average molecular weight is 383 g/mol. The first-order valence-corrected chi connectivity index (χ1v) is 8.63. The summed E-state index contributed by atoms with van der Waals surface area (Å²) in [5.41, 5.74) is -4.62. The summed E-state index contributed by atoms with van der Waals surface area (Å²) in [6.07, 6.45) is -5.10. The molecular formula is C12H12F3N3O6S. The van der Waals surface area contributed by atoms with Crippen molar-refractivity contribution in [3.63, 3.8) is 0 Å². The predicted molar refractivity (Wildman–Crippen MR) is 80.2 cm³/mol. The fraction of sp³-hybridized carbons (Fsp3) is 0.500. The zero-order chi connectivity index (χ0) is 19.2. The number of hydrogen-bond acceptors (Lipinski definition) is 7. The van der Waals surface area contributed by atoms with Crippen LogP contribution in [-0.2, 0) is 16.0 Å². The molecule has 0 spiro atoms. The first kappa shape index (κ1) is 18.9. The van der Waals surface area contributed by atoms with Gasteiger partial charge in [0, 0.05) is 19.2 Å². The van der Waals surface area contributed by atoms with E-state index >= 15 is 0 Å². The summed E-state index contributed by atoms with van der Waals surface area (Å²) in [7, 11) is -2.35. The van der Waals surface area contributed by atoms with Gasteiger partial charge in [-0.15, -0.1) is 0 Å². The van der Waals surface area contributed by atoms with Crippen molar-refractivity contribution >= 4 is 26.9 Å². The first-order valence-electron chi connectivity index (χ1n) is 6.81. The summed E-state index contributed by atoms with van der Waals surface area (Å²) in [6.45, 7) is 0. The summed E-state index contributed by atoms with van der Waals surface area (Å²) in [6, 6.07) is -0.251. The van der Waals surface area contributed by atoms with Crippen LogP contribution in [-0.4, -0.2) is 42.9 Å². The quantitative estimate of drug-likeness (QED) is 0.576. The molecule has 13 heteroatoms. The maximum atomic E-state index is 13.3. The number of halogens is 3. The molecule has 0 N–H and O–H groups in total. The van der Waals surface area contributed by atoms with Crippen molar-refractivity contribution < 1.29 is 31.4 Å². The second-order valence-corrected chi connectivity index (χ2v) is 7.77. The van der Waals surface area contributed by atoms with Gasteiger partial charge in [-0.25, -0.2) is 8.42 Å². The fourth-order valence-corrected chi connectivity index (χ4v) is 4.47. The smallest absolute Gasteiger partial charge is 0.365 e. The van der Waals surface area contributed by atoms with Gasteiger partial charge in [-0.05, 0) is 6.42 Å². The second kappa shape index (κ2) is 6.13. The molecule has 0 amide bonds. The summed E-state index contributed by atoms with van der Waals surface area (Å²) in [5.74, 6) is -0.695. The summed E-state index contributed by atoms with van der Waals surface area (Å²) in [4.78, 5) is 20.5. The Balaban J connectivity index is 2.69. The molecule has 0 radical (unpaired) electrons. The Morgan fingerprint density at radius 3 is 2.20 bits per heavy atom. The number of nitro groups is 2. The van der Waals surface area contributed by atoms with E-state index in [0.717, 1.165) is 11.9 Å². The van der Waals surface area contributed by atoms with Crippen molar-refractivity contribution in [3.05, 3.63) is 37.9 Å². The minimum absolute atomic E-state index is 0.00424. The number of alkyl halides is 3. The highest BCUT2D eigenvalue weighted by molar-refractivity contribution is 7.91. The van der Waals surface area contributed by atoms with Crippen LogP contribution in [0, 0.1) is 20.2 Å². The Bertz CT molecular complexity index is 839. The number of nitro benzene ring substituents is 2. The van der Waals surface area contributed by atoms with Crippen LogP contribution in [0.5, 0.6) is 0 Å². The van der Waals surface area contributed by atoms with Crippen LogP contribution in [0.3, 0.4) is 0 Å². The molecule has 9 nitrogen and oxygen atoms in total. The summed E-state index contributed by atoms with van der Waals surface area (Å²) < 4.78 is 63.1. The maximum absolute atomic E-state index is 13.3. The molecule has 0 saturated carbocycles. The molecule has 0 aromatic heterocycles. The van der Waals surface area contributed by atoms with E-state index in [1.807, 2.05) is 0 Å². The predicted octanol–water partition coefficient (Wildman–Crippen LogP) is 2.15. The zero-order valence-electron chi connectivity index (χ0n) is 12.7. The Hall–Kier alpha value is -2.44. The normalized spacial score (nSPS) is 19.6. The molecule has 1 heterocycles. The molecule has 1 aromatic rings. The highest BCUT2D eigenvalue weighted by Gasteiger charge is 2.43. The Morgan fingerprint density at radius 1 is 1.20 bits per heavy atom. The molecule has 138 valence electrons. The van der Waals surface area contributed by atoms with Crippen molar-refractivity contribution in [2.45, 2.75) is 18.6 Å². The van der Waals surface area contributed by atoms with E-state index in [-0.39, 0.29) is 18.2 Å². The van der Waals surface area contributed by atoms with E-state index in [1.165, 1.54) is 0 Å². The third-order valence-corrected chi connectivity index (χ3v) is 5.65. The standard InChI is InChI=1S/C12H12F3N3O6S/c1-16(7-2-3-25(23,24)6-7)11-9(12(13,14)15)4-8(17(19)20)5-10(11)18(21)22/h4-5,7H,2-3,6H2,1H3. The van der Waals surface area contributed by atoms with Crippen molar-refractivity contribution in [1.82, 2.24) is 0 Å². The van der Waals surface area contributed by atoms with Gasteiger partial charge in [-0.1, -0.05) is 0 Å². The van der Waals surface area contributed by atoms with Crippen LogP contribution >= 0.6 is 0 Å². The molecule has 1 aliphatic rings. The third-order valence-electron chi connectivity index (χ3n) is 3.90. The van der Waals surface area contributed by atoms with Gasteiger partial charge < -0.3 is 4.90 Å². The Morgan fingerprint density at radius 2 is 1.80 bits per heavy atom. The van der Waals surface area contributed by atoms with Crippen LogP contribution in [0.4, 0.5) is 30.2 Å². The molecule has 1 atom stereocenters. The number of anilines is 1. The first-order chi connectivity index (χ1) is 11.3. The van der Waals surface area contributed by atoms with Crippen molar-refractivity contribution in [3.8, 4) is 0 Å². The number of rotatable bonds is 4. The molecule has 1 aromatic carbocycles. The zero-order valence-corrected chi connectivity index (χ0v) is 13.5. The van der Waals surface area contributed by atoms with Gasteiger partial charge in [0.25, 0.3) is 11.4 Å². The number of non-ortho nitro benzene ring substituents is 1. The number of benzene rings is 1. The van der Waals surface area contributed by atoms with Crippen molar-refractivity contribution in [1.29, 1.82) is 0 Å². The highest BCUT2D eigenvalue weighted by Crippen LogP contribution is 2.45. The molecule has 0 bridgehead atoms. The largest absolute Gasteiger partial charge is 0.418 e. The molecule has 25 heavy (non-hydrogen) atoms. The van der Waals surface area contributed by atoms with Crippen LogP contribution in [0.1, 0.15) is 12.0 Å². The summed E-state index contributed by atoms with van der Waals surface area (Å²) in [5, 5.41) is 22.0. The van der Waals surface area contributed by atoms with E-state index in [9.17, 15) is 41.8 Å². The van der Waals surface area contributed by atoms with E-state index in [2.05, 4.69) is 0 Å². The van der Waals surface area contributed by atoms with E-state index in [4.69, 9.17) is 0 Å². The molecule has 1 aliphatic heterocycles. The molecule has 2 rings (SSSR count). The minimum atomic E-state index is -5.10. The lowest BCUT2D eigenvalue weighted by Crippen LogP contribution is -2.34. The van der Waals surface area contributed by atoms with Gasteiger partial charge >= 0.3 is 6.18 Å². The Kier molecular flexibility index (Phi) is 4.63. The van der Waals surface area contributed by atoms with Crippen LogP contribution in [0.25, 0.3) is 0 Å². The van der Waals surface area contributed by atoms with Crippen LogP contribution < -0.4 is 4.90 Å². The molecule has 0 aliphatic carbocycles. The SMILES string of the molecule is CN(c1c([N+](=O)[O-])cc([N+](=O)[O-])cc1C(F)(F)F)C1CCS(=O)(=O)C1. The maximum Gasteiger partial charge on any atom is 0.418 e. The third kappa shape index (κ3) is 3.81. The molecular weight excluding hydrogens is 371 g/mol. The minimum Gasteiger partial charge on any atom is -0.365 e. The van der Waals surface area contributed by atoms with E-state index in [1.54, 1.807) is 0 Å². The van der Waals surface area contributed by atoms with Gasteiger partial charge in [0.1, 0.15) is 5.69 Å². The van der Waals surface area contributed by atoms with Crippen LogP contribution in [0.15, 0.2) is 12.1 Å². The topological polar surface area (TPSA) is 124 Å². The lowest BCUT2D eigenvalue weighted by molar-refractivity contribution is -0.394. The summed E-state index contributed by atoms with van der Waals surface area (Å²) >= 11 is 0. The molecule has 1 fully saturated rings. The lowest BCUT2D eigenvalue weighted by atomic mass is 10.1. The average Bonchev–Trinajstić information content (AvgIpc) is 2.84. The van der Waals surface area contributed by atoms with E-state index < -0.39 is 60.3 Å². The van der Waals surface area contributed by atoms with Gasteiger partial charge in [0.2, 0.25) is 0 Å². The number of nitrogens with zero attached hydrogens (tertiary/aromatic N) is 3. The van der Waals surface area contributed by atoms with Gasteiger partial charge in [0.05, 0.1) is 33.0 Å². The highest BCUT2D eigenvalue weighted by atomic mass is 32.2. The second-order valence-electron chi connectivity index (χ2n) is 5.54. The number of sulfone groups is 1. The van der Waals surface area contributed by atoms with Gasteiger partial charge in [-0.2, -0.15) is 13.2 Å².